The monoisotopic (exact) mass is 449 g/mol. The normalized spacial score (nSPS) is 11.5. The molecule has 7 heteroatoms. The summed E-state index contributed by atoms with van der Waals surface area (Å²) in [5, 5.41) is 2.69. The fourth-order valence-corrected chi connectivity index (χ4v) is 3.01. The highest BCUT2D eigenvalue weighted by atomic mass is 79.9. The number of hydrogen-bond donors (Lipinski definition) is 1. The predicted octanol–water partition coefficient (Wildman–Crippen LogP) is 3.73. The molecule has 1 atom stereocenters. The highest BCUT2D eigenvalue weighted by molar-refractivity contribution is 9.10. The van der Waals surface area contributed by atoms with E-state index in [0.717, 1.165) is 4.47 Å². The third kappa shape index (κ3) is 6.84. The Bertz CT molecular complexity index is 780. The van der Waals surface area contributed by atoms with Gasteiger partial charge in [-0.05, 0) is 42.7 Å². The van der Waals surface area contributed by atoms with Crippen LogP contribution in [0, 0.1) is 0 Å². The molecular weight excluding hydrogens is 430 g/mol. The molecule has 0 spiro atoms. The van der Waals surface area contributed by atoms with Gasteiger partial charge in [0.1, 0.15) is 6.04 Å². The van der Waals surface area contributed by atoms with E-state index in [1.54, 1.807) is 60.3 Å². The van der Waals surface area contributed by atoms with E-state index in [1.165, 1.54) is 0 Å². The lowest BCUT2D eigenvalue weighted by Crippen LogP contribution is -2.42. The second-order valence-corrected chi connectivity index (χ2v) is 7.61. The Hall–Kier alpha value is -2.12. The molecule has 0 saturated heterocycles. The minimum absolute atomic E-state index is 0.297. The van der Waals surface area contributed by atoms with E-state index in [2.05, 4.69) is 21.2 Å². The van der Waals surface area contributed by atoms with Crippen LogP contribution in [0.1, 0.15) is 27.1 Å². The molecule has 2 aromatic rings. The SMILES string of the molecule is CSCC[C@H](NC(=O)c1ccccc1)C(=O)OCC(=O)c1ccc(Br)cc1. The summed E-state index contributed by atoms with van der Waals surface area (Å²) in [4.78, 5) is 36.9. The van der Waals surface area contributed by atoms with Crippen LogP contribution < -0.4 is 5.32 Å². The van der Waals surface area contributed by atoms with Crippen molar-refractivity contribution in [2.45, 2.75) is 12.5 Å². The number of ether oxygens (including phenoxy) is 1. The van der Waals surface area contributed by atoms with Crippen molar-refractivity contribution in [3.05, 3.63) is 70.2 Å². The van der Waals surface area contributed by atoms with Gasteiger partial charge in [0.2, 0.25) is 0 Å². The lowest BCUT2D eigenvalue weighted by Gasteiger charge is -2.17. The average molecular weight is 450 g/mol. The molecule has 0 heterocycles. The van der Waals surface area contributed by atoms with Crippen molar-refractivity contribution in [2.75, 3.05) is 18.6 Å². The zero-order chi connectivity index (χ0) is 19.6. The number of thioether (sulfide) groups is 1. The molecule has 142 valence electrons. The number of rotatable bonds is 9. The standard InChI is InChI=1S/C20H20BrNO4S/c1-27-12-11-17(22-19(24)15-5-3-2-4-6-15)20(25)26-13-18(23)14-7-9-16(21)10-8-14/h2-10,17H,11-13H2,1H3,(H,22,24)/t17-/m0/s1. The first-order chi connectivity index (χ1) is 13.0. The van der Waals surface area contributed by atoms with Crippen molar-refractivity contribution in [3.8, 4) is 0 Å². The van der Waals surface area contributed by atoms with Gasteiger partial charge in [-0.1, -0.05) is 46.3 Å². The van der Waals surface area contributed by atoms with E-state index in [0.29, 0.717) is 23.3 Å². The molecule has 27 heavy (non-hydrogen) atoms. The van der Waals surface area contributed by atoms with Crippen LogP contribution in [0.2, 0.25) is 0 Å². The summed E-state index contributed by atoms with van der Waals surface area (Å²) in [5.41, 5.74) is 0.922. The smallest absolute Gasteiger partial charge is 0.329 e. The summed E-state index contributed by atoms with van der Waals surface area (Å²) in [6, 6.07) is 14.7. The number of benzene rings is 2. The Labute approximate surface area is 171 Å². The van der Waals surface area contributed by atoms with Crippen molar-refractivity contribution >= 4 is 45.4 Å². The second kappa shape index (κ2) is 10.9. The van der Waals surface area contributed by atoms with Crippen molar-refractivity contribution < 1.29 is 19.1 Å². The van der Waals surface area contributed by atoms with Crippen molar-refractivity contribution in [1.82, 2.24) is 5.32 Å². The van der Waals surface area contributed by atoms with Gasteiger partial charge in [0.15, 0.2) is 12.4 Å². The number of Topliss-reactive ketones (excluding diaryl/α,β-unsaturated/α-hetero) is 1. The molecule has 2 aromatic carbocycles. The van der Waals surface area contributed by atoms with Crippen LogP contribution in [-0.2, 0) is 9.53 Å². The van der Waals surface area contributed by atoms with E-state index < -0.39 is 12.0 Å². The van der Waals surface area contributed by atoms with E-state index in [1.807, 2.05) is 12.3 Å². The van der Waals surface area contributed by atoms with Crippen LogP contribution in [0.4, 0.5) is 0 Å². The highest BCUT2D eigenvalue weighted by Crippen LogP contribution is 2.11. The van der Waals surface area contributed by atoms with Crippen LogP contribution in [0.3, 0.4) is 0 Å². The zero-order valence-corrected chi connectivity index (χ0v) is 17.2. The minimum atomic E-state index is -0.803. The van der Waals surface area contributed by atoms with Crippen molar-refractivity contribution in [3.63, 3.8) is 0 Å². The lowest BCUT2D eigenvalue weighted by atomic mass is 10.1. The number of hydrogen-bond acceptors (Lipinski definition) is 5. The zero-order valence-electron chi connectivity index (χ0n) is 14.8. The van der Waals surface area contributed by atoms with Gasteiger partial charge >= 0.3 is 5.97 Å². The summed E-state index contributed by atoms with van der Waals surface area (Å²) in [6.45, 7) is -0.364. The maximum atomic E-state index is 12.4. The Kier molecular flexibility index (Phi) is 8.54. The molecule has 5 nitrogen and oxygen atoms in total. The number of amides is 1. The summed E-state index contributed by atoms with van der Waals surface area (Å²) in [5.74, 6) is -0.583. The molecule has 0 radical (unpaired) electrons. The van der Waals surface area contributed by atoms with E-state index in [-0.39, 0.29) is 18.3 Å². The fraction of sp³-hybridized carbons (Fsp3) is 0.250. The molecule has 1 N–H and O–H groups in total. The highest BCUT2D eigenvalue weighted by Gasteiger charge is 2.23. The number of nitrogens with one attached hydrogen (secondary N) is 1. The molecule has 0 aliphatic heterocycles. The van der Waals surface area contributed by atoms with Crippen LogP contribution in [0.15, 0.2) is 59.1 Å². The van der Waals surface area contributed by atoms with Gasteiger partial charge in [0.05, 0.1) is 0 Å². The molecular formula is C20H20BrNO4S. The number of halogens is 1. The Morgan fingerprint density at radius 1 is 1.04 bits per heavy atom. The number of carbonyl (C=O) groups is 3. The molecule has 0 fully saturated rings. The topological polar surface area (TPSA) is 72.5 Å². The predicted molar refractivity (Wildman–Crippen MR) is 110 cm³/mol. The first kappa shape index (κ1) is 21.2. The van der Waals surface area contributed by atoms with Crippen LogP contribution in [0.5, 0.6) is 0 Å². The summed E-state index contributed by atoms with van der Waals surface area (Å²) in [6.07, 6.45) is 2.34. The van der Waals surface area contributed by atoms with Crippen LogP contribution >= 0.6 is 27.7 Å². The fourth-order valence-electron chi connectivity index (χ4n) is 2.27. The van der Waals surface area contributed by atoms with Crippen molar-refractivity contribution in [2.24, 2.45) is 0 Å². The van der Waals surface area contributed by atoms with Gasteiger partial charge in [-0.3, -0.25) is 9.59 Å². The quantitative estimate of drug-likeness (QED) is 0.466. The molecule has 0 aliphatic rings. The Morgan fingerprint density at radius 3 is 2.33 bits per heavy atom. The van der Waals surface area contributed by atoms with Gasteiger partial charge in [0, 0.05) is 15.6 Å². The van der Waals surface area contributed by atoms with E-state index >= 15 is 0 Å². The molecule has 0 unspecified atom stereocenters. The number of esters is 1. The molecule has 0 bridgehead atoms. The van der Waals surface area contributed by atoms with E-state index in [4.69, 9.17) is 4.74 Å². The average Bonchev–Trinajstić information content (AvgIpc) is 2.70. The van der Waals surface area contributed by atoms with Gasteiger partial charge in [-0.15, -0.1) is 0 Å². The summed E-state index contributed by atoms with van der Waals surface area (Å²) in [7, 11) is 0. The Balaban J connectivity index is 1.96. The van der Waals surface area contributed by atoms with E-state index in [9.17, 15) is 14.4 Å². The summed E-state index contributed by atoms with van der Waals surface area (Å²) < 4.78 is 6.02. The first-order valence-electron chi connectivity index (χ1n) is 8.31. The molecule has 0 aliphatic carbocycles. The van der Waals surface area contributed by atoms with Gasteiger partial charge in [-0.25, -0.2) is 4.79 Å². The molecule has 0 aromatic heterocycles. The second-order valence-electron chi connectivity index (χ2n) is 5.71. The minimum Gasteiger partial charge on any atom is -0.456 e. The maximum Gasteiger partial charge on any atom is 0.329 e. The van der Waals surface area contributed by atoms with Gasteiger partial charge in [0.25, 0.3) is 5.91 Å². The van der Waals surface area contributed by atoms with Crippen LogP contribution in [0.25, 0.3) is 0 Å². The van der Waals surface area contributed by atoms with Gasteiger partial charge < -0.3 is 10.1 Å². The third-order valence-corrected chi connectivity index (χ3v) is 4.92. The van der Waals surface area contributed by atoms with Gasteiger partial charge in [-0.2, -0.15) is 11.8 Å². The summed E-state index contributed by atoms with van der Waals surface area (Å²) >= 11 is 4.87. The third-order valence-electron chi connectivity index (χ3n) is 3.75. The largest absolute Gasteiger partial charge is 0.456 e. The first-order valence-corrected chi connectivity index (χ1v) is 10.5. The molecule has 1 amide bonds. The molecule has 0 saturated carbocycles. The lowest BCUT2D eigenvalue weighted by molar-refractivity contribution is -0.144. The van der Waals surface area contributed by atoms with Crippen molar-refractivity contribution in [1.29, 1.82) is 0 Å². The number of carbonyl (C=O) groups excluding carboxylic acids is 3. The maximum absolute atomic E-state index is 12.4. The molecule has 2 rings (SSSR count). The number of ketones is 1. The van der Waals surface area contributed by atoms with Crippen LogP contribution in [-0.4, -0.2) is 42.3 Å². The Morgan fingerprint density at radius 2 is 1.70 bits per heavy atom.